The van der Waals surface area contributed by atoms with E-state index in [2.05, 4.69) is 12.6 Å². The molecule has 1 aromatic carbocycles. The third kappa shape index (κ3) is 3.52. The van der Waals surface area contributed by atoms with Crippen LogP contribution in [0.2, 0.25) is 0 Å². The molecule has 0 atom stereocenters. The molecule has 1 aromatic heterocycles. The van der Waals surface area contributed by atoms with Crippen LogP contribution in [-0.2, 0) is 4.74 Å². The number of hydrogen-bond acceptors (Lipinski definition) is 7. The number of nitrogens with two attached hydrogens (primary N) is 1. The van der Waals surface area contributed by atoms with Crippen LogP contribution in [0.4, 0.5) is 0 Å². The van der Waals surface area contributed by atoms with Crippen LogP contribution in [0.5, 0.6) is 5.75 Å². The third-order valence-corrected chi connectivity index (χ3v) is 5.41. The lowest BCUT2D eigenvalue weighted by Gasteiger charge is -2.46. The van der Waals surface area contributed by atoms with Gasteiger partial charge in [0, 0.05) is 23.0 Å². The standard InChI is InChI=1S/C19H24N2O5S/c1-11(20)16(27)7-25-13-4-5-15-14(6-13)17(12(2)26-15)18(23)21(3)19(8-22)9-24-10-19/h4-6,22,27H,7-10,20H2,1-3H3/b16-11-. The Balaban J connectivity index is 1.93. The molecule has 0 saturated carbocycles. The number of likely N-dealkylation sites (N-methyl/N-ethyl adjacent to an activating group) is 1. The average molecular weight is 392 g/mol. The Morgan fingerprint density at radius 2 is 2.15 bits per heavy atom. The fourth-order valence-corrected chi connectivity index (χ4v) is 3.00. The number of thiol groups is 1. The summed E-state index contributed by atoms with van der Waals surface area (Å²) in [4.78, 5) is 15.3. The first-order chi connectivity index (χ1) is 12.8. The van der Waals surface area contributed by atoms with E-state index in [0.29, 0.717) is 51.9 Å². The van der Waals surface area contributed by atoms with Gasteiger partial charge in [-0.3, -0.25) is 4.79 Å². The van der Waals surface area contributed by atoms with Crippen molar-refractivity contribution in [3.05, 3.63) is 40.1 Å². The van der Waals surface area contributed by atoms with Gasteiger partial charge in [0.1, 0.15) is 29.2 Å². The fraction of sp³-hybridized carbons (Fsp3) is 0.421. The number of rotatable bonds is 6. The van der Waals surface area contributed by atoms with E-state index >= 15 is 0 Å². The van der Waals surface area contributed by atoms with Crippen LogP contribution in [0.1, 0.15) is 23.0 Å². The first-order valence-electron chi connectivity index (χ1n) is 8.56. The molecule has 1 amide bonds. The minimum Gasteiger partial charge on any atom is -0.488 e. The SMILES string of the molecule is C/C(N)=C(/S)COc1ccc2oc(C)c(C(=O)N(C)C3(CO)COC3)c2c1. The molecule has 0 spiro atoms. The van der Waals surface area contributed by atoms with E-state index in [4.69, 9.17) is 19.6 Å². The number of aryl methyl sites for hydroxylation is 1. The number of amides is 1. The second kappa shape index (κ2) is 7.46. The average Bonchev–Trinajstić information content (AvgIpc) is 2.93. The highest BCUT2D eigenvalue weighted by Gasteiger charge is 2.45. The Labute approximate surface area is 163 Å². The van der Waals surface area contributed by atoms with E-state index < -0.39 is 5.54 Å². The zero-order valence-corrected chi connectivity index (χ0v) is 16.5. The van der Waals surface area contributed by atoms with Crippen LogP contribution in [0.25, 0.3) is 11.0 Å². The van der Waals surface area contributed by atoms with Gasteiger partial charge in [-0.2, -0.15) is 0 Å². The summed E-state index contributed by atoms with van der Waals surface area (Å²) in [5.41, 5.74) is 6.64. The van der Waals surface area contributed by atoms with Gasteiger partial charge in [-0.25, -0.2) is 0 Å². The number of carbonyl (C=O) groups is 1. The lowest BCUT2D eigenvalue weighted by Crippen LogP contribution is -2.64. The Morgan fingerprint density at radius 1 is 1.44 bits per heavy atom. The molecule has 3 N–H and O–H groups in total. The number of aliphatic hydroxyl groups is 1. The van der Waals surface area contributed by atoms with Crippen molar-refractivity contribution < 1.29 is 23.8 Å². The Morgan fingerprint density at radius 3 is 2.70 bits per heavy atom. The maximum Gasteiger partial charge on any atom is 0.258 e. The molecular formula is C19H24N2O5S. The molecule has 3 rings (SSSR count). The predicted molar refractivity (Wildman–Crippen MR) is 105 cm³/mol. The maximum absolute atomic E-state index is 13.1. The topological polar surface area (TPSA) is 98.2 Å². The molecule has 7 nitrogen and oxygen atoms in total. The highest BCUT2D eigenvalue weighted by Crippen LogP contribution is 2.33. The molecule has 27 heavy (non-hydrogen) atoms. The first kappa shape index (κ1) is 19.6. The summed E-state index contributed by atoms with van der Waals surface area (Å²) < 4.78 is 16.7. The number of carbonyl (C=O) groups excluding carboxylic acids is 1. The van der Waals surface area contributed by atoms with Crippen LogP contribution in [0.3, 0.4) is 0 Å². The smallest absolute Gasteiger partial charge is 0.258 e. The molecule has 0 unspecified atom stereocenters. The van der Waals surface area contributed by atoms with Crippen LogP contribution in [0.15, 0.2) is 33.2 Å². The molecule has 1 saturated heterocycles. The van der Waals surface area contributed by atoms with E-state index in [9.17, 15) is 9.90 Å². The number of aliphatic hydroxyl groups excluding tert-OH is 1. The molecule has 0 bridgehead atoms. The predicted octanol–water partition coefficient (Wildman–Crippen LogP) is 2.07. The van der Waals surface area contributed by atoms with E-state index in [1.54, 1.807) is 39.1 Å². The van der Waals surface area contributed by atoms with Crippen molar-refractivity contribution in [1.82, 2.24) is 4.90 Å². The molecule has 1 aliphatic rings. The lowest BCUT2D eigenvalue weighted by atomic mass is 9.95. The van der Waals surface area contributed by atoms with Gasteiger partial charge in [0.25, 0.3) is 5.91 Å². The maximum atomic E-state index is 13.1. The summed E-state index contributed by atoms with van der Waals surface area (Å²) in [6.07, 6.45) is 0. The van der Waals surface area contributed by atoms with Gasteiger partial charge in [-0.1, -0.05) is 0 Å². The second-order valence-corrected chi connectivity index (χ2v) is 7.39. The molecule has 2 heterocycles. The Kier molecular flexibility index (Phi) is 5.41. The van der Waals surface area contributed by atoms with E-state index in [1.165, 1.54) is 4.90 Å². The number of ether oxygens (including phenoxy) is 2. The van der Waals surface area contributed by atoms with Crippen molar-refractivity contribution in [2.45, 2.75) is 19.4 Å². The van der Waals surface area contributed by atoms with Gasteiger partial charge in [0.15, 0.2) is 0 Å². The highest BCUT2D eigenvalue weighted by molar-refractivity contribution is 7.84. The zero-order chi connectivity index (χ0) is 19.8. The van der Waals surface area contributed by atoms with Gasteiger partial charge in [-0.15, -0.1) is 12.6 Å². The van der Waals surface area contributed by atoms with Crippen LogP contribution < -0.4 is 10.5 Å². The van der Waals surface area contributed by atoms with Gasteiger partial charge in [0.05, 0.1) is 25.4 Å². The summed E-state index contributed by atoms with van der Waals surface area (Å²) in [5.74, 6) is 0.866. The van der Waals surface area contributed by atoms with Gasteiger partial charge < -0.3 is 29.6 Å². The van der Waals surface area contributed by atoms with Crippen LogP contribution >= 0.6 is 12.6 Å². The van der Waals surface area contributed by atoms with E-state index in [0.717, 1.165) is 0 Å². The minimum atomic E-state index is -0.689. The first-order valence-corrected chi connectivity index (χ1v) is 9.00. The summed E-state index contributed by atoms with van der Waals surface area (Å²) in [7, 11) is 1.67. The number of nitrogens with zero attached hydrogens (tertiary/aromatic N) is 1. The number of benzene rings is 1. The Bertz CT molecular complexity index is 891. The molecule has 0 aliphatic carbocycles. The summed E-state index contributed by atoms with van der Waals surface area (Å²) in [6, 6.07) is 5.30. The number of furan rings is 1. The van der Waals surface area contributed by atoms with Crippen molar-refractivity contribution in [3.63, 3.8) is 0 Å². The summed E-state index contributed by atoms with van der Waals surface area (Å²) >= 11 is 4.29. The summed E-state index contributed by atoms with van der Waals surface area (Å²) in [6.45, 7) is 4.20. The zero-order valence-electron chi connectivity index (χ0n) is 15.6. The number of hydrogen-bond donors (Lipinski definition) is 3. The van der Waals surface area contributed by atoms with Crippen LogP contribution in [0, 0.1) is 6.92 Å². The lowest BCUT2D eigenvalue weighted by molar-refractivity contribution is -0.139. The summed E-state index contributed by atoms with van der Waals surface area (Å²) in [5, 5.41) is 10.4. The molecule has 2 aromatic rings. The van der Waals surface area contributed by atoms with Crippen LogP contribution in [-0.4, -0.2) is 54.9 Å². The van der Waals surface area contributed by atoms with Crippen molar-refractivity contribution in [2.24, 2.45) is 5.73 Å². The molecule has 8 heteroatoms. The monoisotopic (exact) mass is 392 g/mol. The Hall–Kier alpha value is -2.16. The van der Waals surface area contributed by atoms with E-state index in [1.807, 2.05) is 0 Å². The van der Waals surface area contributed by atoms with Crippen molar-refractivity contribution >= 4 is 29.5 Å². The molecule has 146 valence electrons. The molecular weight excluding hydrogens is 368 g/mol. The number of fused-ring (bicyclic) bond motifs is 1. The number of allylic oxidation sites excluding steroid dienone is 1. The molecule has 0 radical (unpaired) electrons. The third-order valence-electron chi connectivity index (χ3n) is 4.93. The van der Waals surface area contributed by atoms with Gasteiger partial charge in [-0.05, 0) is 32.0 Å². The second-order valence-electron chi connectivity index (χ2n) is 6.85. The van der Waals surface area contributed by atoms with Gasteiger partial charge >= 0.3 is 0 Å². The van der Waals surface area contributed by atoms with Crippen molar-refractivity contribution in [3.8, 4) is 5.75 Å². The van der Waals surface area contributed by atoms with E-state index in [-0.39, 0.29) is 19.1 Å². The molecule has 1 aliphatic heterocycles. The van der Waals surface area contributed by atoms with Crippen molar-refractivity contribution in [1.29, 1.82) is 0 Å². The fourth-order valence-electron chi connectivity index (χ4n) is 2.93. The largest absolute Gasteiger partial charge is 0.488 e. The molecule has 1 fully saturated rings. The normalized spacial score (nSPS) is 16.6. The van der Waals surface area contributed by atoms with Gasteiger partial charge in [0.2, 0.25) is 0 Å². The quantitative estimate of drug-likeness (QED) is 0.651. The highest BCUT2D eigenvalue weighted by atomic mass is 32.1. The minimum absolute atomic E-state index is 0.159. The van der Waals surface area contributed by atoms with Crippen molar-refractivity contribution in [2.75, 3.05) is 33.5 Å².